The molecule has 0 atom stereocenters. The Morgan fingerprint density at radius 2 is 1.97 bits per heavy atom. The van der Waals surface area contributed by atoms with E-state index in [0.717, 1.165) is 47.9 Å². The number of aromatic nitrogens is 2. The number of anilines is 3. The van der Waals surface area contributed by atoms with Crippen molar-refractivity contribution in [3.63, 3.8) is 0 Å². The number of nitrogens with one attached hydrogen (secondary N) is 2. The summed E-state index contributed by atoms with van der Waals surface area (Å²) >= 11 is 1.43. The second-order valence-electron chi connectivity index (χ2n) is 10.2. The monoisotopic (exact) mass is 514 g/mol. The number of fused-ring (bicyclic) bond motifs is 1. The number of ether oxygens (including phenoxy) is 1. The van der Waals surface area contributed by atoms with E-state index in [2.05, 4.69) is 32.4 Å². The van der Waals surface area contributed by atoms with Crippen molar-refractivity contribution in [1.29, 1.82) is 0 Å². The number of nitrogens with two attached hydrogens (primary N) is 1. The van der Waals surface area contributed by atoms with Crippen LogP contribution in [0, 0.1) is 5.41 Å². The first-order valence-corrected chi connectivity index (χ1v) is 13.3. The third-order valence-electron chi connectivity index (χ3n) is 6.06. The largest absolute Gasteiger partial charge is 0.444 e. The lowest BCUT2D eigenvalue weighted by Gasteiger charge is -2.40. The summed E-state index contributed by atoms with van der Waals surface area (Å²) in [6, 6.07) is 5.78. The van der Waals surface area contributed by atoms with Crippen molar-refractivity contribution in [1.82, 2.24) is 15.3 Å². The van der Waals surface area contributed by atoms with Crippen molar-refractivity contribution >= 4 is 41.1 Å². The van der Waals surface area contributed by atoms with Crippen molar-refractivity contribution in [3.05, 3.63) is 30.0 Å². The highest BCUT2D eigenvalue weighted by molar-refractivity contribution is 7.99. The van der Waals surface area contributed by atoms with E-state index in [0.29, 0.717) is 23.8 Å². The highest BCUT2D eigenvalue weighted by Gasteiger charge is 2.32. The number of nitrogens with zero attached hydrogens (tertiary/aromatic N) is 3. The number of hydrogen-bond donors (Lipinski definition) is 3. The maximum absolute atomic E-state index is 12.0. The fourth-order valence-electron chi connectivity index (χ4n) is 4.09. The third-order valence-corrected chi connectivity index (χ3v) is 7.17. The van der Waals surface area contributed by atoms with Gasteiger partial charge in [-0.05, 0) is 56.7 Å². The lowest BCUT2D eigenvalue weighted by Crippen LogP contribution is -2.46. The summed E-state index contributed by atoms with van der Waals surface area (Å²) in [6.45, 7) is 13.9. The van der Waals surface area contributed by atoms with Gasteiger partial charge in [-0.3, -0.25) is 4.79 Å². The molecular weight excluding hydrogens is 476 g/mol. The third kappa shape index (κ3) is 7.02. The molecule has 2 aromatic rings. The molecule has 4 rings (SSSR count). The van der Waals surface area contributed by atoms with Gasteiger partial charge in [0.2, 0.25) is 5.91 Å². The minimum atomic E-state index is -0.508. The number of piperidine rings is 1. The Labute approximate surface area is 218 Å². The molecule has 3 heterocycles. The lowest BCUT2D eigenvalue weighted by molar-refractivity contribution is -0.115. The molecule has 1 fully saturated rings. The Morgan fingerprint density at radius 3 is 2.61 bits per heavy atom. The Hall–Kier alpha value is -3.01. The molecule has 4 N–H and O–H groups in total. The SMILES string of the molecule is CC.CC1(CNC(=O)OC(C)(C)C)CCN(c2cnc(Sc3cccc4c3CC(=O)N4)c(N)n2)CC1. The van der Waals surface area contributed by atoms with Crippen LogP contribution in [-0.4, -0.2) is 47.2 Å². The number of hydrogen-bond acceptors (Lipinski definition) is 8. The van der Waals surface area contributed by atoms with Crippen LogP contribution >= 0.6 is 11.8 Å². The van der Waals surface area contributed by atoms with Crippen LogP contribution in [0.5, 0.6) is 0 Å². The van der Waals surface area contributed by atoms with E-state index in [-0.39, 0.29) is 17.4 Å². The molecule has 2 aliphatic heterocycles. The molecule has 36 heavy (non-hydrogen) atoms. The molecule has 9 nitrogen and oxygen atoms in total. The molecule has 10 heteroatoms. The van der Waals surface area contributed by atoms with Crippen LogP contribution in [0.2, 0.25) is 0 Å². The van der Waals surface area contributed by atoms with Gasteiger partial charge in [-0.25, -0.2) is 14.8 Å². The van der Waals surface area contributed by atoms with E-state index in [9.17, 15) is 9.59 Å². The van der Waals surface area contributed by atoms with Crippen molar-refractivity contribution < 1.29 is 14.3 Å². The van der Waals surface area contributed by atoms with Gasteiger partial charge in [0.15, 0.2) is 5.82 Å². The minimum absolute atomic E-state index is 0.00385. The topological polar surface area (TPSA) is 122 Å². The normalized spacial score (nSPS) is 16.4. The van der Waals surface area contributed by atoms with Gasteiger partial charge in [-0.2, -0.15) is 0 Å². The van der Waals surface area contributed by atoms with Crippen LogP contribution in [0.25, 0.3) is 0 Å². The van der Waals surface area contributed by atoms with Crippen LogP contribution in [-0.2, 0) is 16.0 Å². The molecule has 1 aromatic carbocycles. The van der Waals surface area contributed by atoms with Crippen LogP contribution in [0.15, 0.2) is 34.3 Å². The first-order chi connectivity index (χ1) is 17.0. The zero-order chi connectivity index (χ0) is 26.5. The number of rotatable bonds is 5. The number of carbonyl (C=O) groups is 2. The number of benzene rings is 1. The van der Waals surface area contributed by atoms with Gasteiger partial charge >= 0.3 is 6.09 Å². The maximum Gasteiger partial charge on any atom is 0.407 e. The Bertz CT molecular complexity index is 1090. The van der Waals surface area contributed by atoms with E-state index in [1.165, 1.54) is 11.8 Å². The van der Waals surface area contributed by atoms with Gasteiger partial charge in [0.05, 0.1) is 12.6 Å². The Balaban J connectivity index is 0.00000176. The van der Waals surface area contributed by atoms with Crippen molar-refractivity contribution in [2.24, 2.45) is 5.41 Å². The van der Waals surface area contributed by atoms with E-state index in [4.69, 9.17) is 10.5 Å². The zero-order valence-corrected chi connectivity index (χ0v) is 22.9. The average molecular weight is 515 g/mol. The van der Waals surface area contributed by atoms with E-state index >= 15 is 0 Å². The minimum Gasteiger partial charge on any atom is -0.444 e. The molecule has 1 saturated heterocycles. The second-order valence-corrected chi connectivity index (χ2v) is 11.2. The van der Waals surface area contributed by atoms with Crippen LogP contribution in [0.1, 0.15) is 59.9 Å². The van der Waals surface area contributed by atoms with Crippen LogP contribution in [0.4, 0.5) is 22.1 Å². The molecule has 0 spiro atoms. The highest BCUT2D eigenvalue weighted by atomic mass is 32.2. The highest BCUT2D eigenvalue weighted by Crippen LogP contribution is 2.38. The predicted molar refractivity (Wildman–Crippen MR) is 144 cm³/mol. The summed E-state index contributed by atoms with van der Waals surface area (Å²) in [4.78, 5) is 36.1. The molecule has 2 aliphatic rings. The summed E-state index contributed by atoms with van der Waals surface area (Å²) in [5, 5.41) is 6.40. The Kier molecular flexibility index (Phi) is 8.71. The molecule has 1 aromatic heterocycles. The number of nitrogen functional groups attached to an aromatic ring is 1. The van der Waals surface area contributed by atoms with Gasteiger partial charge in [0, 0.05) is 30.2 Å². The lowest BCUT2D eigenvalue weighted by atomic mass is 9.80. The quantitative estimate of drug-likeness (QED) is 0.517. The summed E-state index contributed by atoms with van der Waals surface area (Å²) in [5.74, 6) is 1.12. The average Bonchev–Trinajstić information content (AvgIpc) is 3.21. The molecule has 0 aliphatic carbocycles. The molecule has 196 valence electrons. The number of alkyl carbamates (subject to hydrolysis) is 1. The summed E-state index contributed by atoms with van der Waals surface area (Å²) in [5.41, 5.74) is 7.56. The molecule has 0 saturated carbocycles. The first-order valence-electron chi connectivity index (χ1n) is 12.5. The summed E-state index contributed by atoms with van der Waals surface area (Å²) in [7, 11) is 0. The van der Waals surface area contributed by atoms with Gasteiger partial charge in [-0.1, -0.05) is 38.6 Å². The second kappa shape index (κ2) is 11.4. The fourth-order valence-corrected chi connectivity index (χ4v) is 5.00. The summed E-state index contributed by atoms with van der Waals surface area (Å²) in [6.07, 6.45) is 3.54. The standard InChI is InChI=1S/C24H32N6O3S.C2H6/c1-23(2,3)33-22(32)27-14-24(4)8-10-30(11-9-24)18-13-26-21(20(25)29-18)34-17-7-5-6-16-15(17)12-19(31)28-16;1-2/h5-7,13H,8-12,14H2,1-4H3,(H2,25,29)(H,27,32)(H,28,31);1-2H3. The number of carbonyl (C=O) groups excluding carboxylic acids is 2. The van der Waals surface area contributed by atoms with Gasteiger partial charge in [0.1, 0.15) is 16.4 Å². The van der Waals surface area contributed by atoms with Crippen molar-refractivity contribution in [2.75, 3.05) is 35.6 Å². The van der Waals surface area contributed by atoms with Gasteiger partial charge in [0.25, 0.3) is 0 Å². The number of amides is 2. The predicted octanol–water partition coefficient (Wildman–Crippen LogP) is 4.86. The molecule has 0 unspecified atom stereocenters. The molecule has 0 radical (unpaired) electrons. The van der Waals surface area contributed by atoms with Gasteiger partial charge in [-0.15, -0.1) is 0 Å². The van der Waals surface area contributed by atoms with Gasteiger partial charge < -0.3 is 26.0 Å². The first kappa shape index (κ1) is 27.6. The maximum atomic E-state index is 12.0. The van der Waals surface area contributed by atoms with Crippen LogP contribution in [0.3, 0.4) is 0 Å². The Morgan fingerprint density at radius 1 is 1.28 bits per heavy atom. The van der Waals surface area contributed by atoms with Crippen LogP contribution < -0.4 is 21.3 Å². The zero-order valence-electron chi connectivity index (χ0n) is 22.1. The van der Waals surface area contributed by atoms with Crippen molar-refractivity contribution in [3.8, 4) is 0 Å². The molecular formula is C26H38N6O3S. The fraction of sp³-hybridized carbons (Fsp3) is 0.538. The smallest absolute Gasteiger partial charge is 0.407 e. The van der Waals surface area contributed by atoms with E-state index < -0.39 is 5.60 Å². The van der Waals surface area contributed by atoms with E-state index in [1.54, 1.807) is 6.20 Å². The summed E-state index contributed by atoms with van der Waals surface area (Å²) < 4.78 is 5.35. The van der Waals surface area contributed by atoms with E-state index in [1.807, 2.05) is 52.8 Å². The molecule has 0 bridgehead atoms. The molecule has 2 amide bonds. The van der Waals surface area contributed by atoms with Crippen molar-refractivity contribution in [2.45, 2.75) is 76.3 Å².